The zero-order valence-corrected chi connectivity index (χ0v) is 17.8. The largest absolute Gasteiger partial charge is 0.396 e. The van der Waals surface area contributed by atoms with E-state index < -0.39 is 61.1 Å². The summed E-state index contributed by atoms with van der Waals surface area (Å²) in [5, 5.41) is 64.3. The lowest BCUT2D eigenvalue weighted by atomic mass is 9.60. The maximum absolute atomic E-state index is 14.8. The van der Waals surface area contributed by atoms with Crippen LogP contribution in [-0.2, 0) is 4.57 Å². The van der Waals surface area contributed by atoms with Gasteiger partial charge in [-0.3, -0.25) is 0 Å². The van der Waals surface area contributed by atoms with Crippen molar-refractivity contribution in [2.75, 3.05) is 6.61 Å². The highest BCUT2D eigenvalue weighted by Crippen LogP contribution is 2.58. The van der Waals surface area contributed by atoms with E-state index in [1.54, 1.807) is 48.5 Å². The summed E-state index contributed by atoms with van der Waals surface area (Å²) in [7, 11) is -3.45. The minimum absolute atomic E-state index is 0.131. The number of aliphatic hydroxyl groups is 6. The summed E-state index contributed by atoms with van der Waals surface area (Å²) in [5.74, 6) is -2.51. The van der Waals surface area contributed by atoms with Crippen LogP contribution in [0.3, 0.4) is 0 Å². The van der Waals surface area contributed by atoms with E-state index in [0.717, 1.165) is 0 Å². The third kappa shape index (κ3) is 3.58. The molecule has 2 aliphatic rings. The second kappa shape index (κ2) is 8.75. The fraction of sp³-hybridized carbons (Fsp3) is 0.478. The van der Waals surface area contributed by atoms with Gasteiger partial charge in [0.2, 0.25) is 0 Å². The summed E-state index contributed by atoms with van der Waals surface area (Å²) < 4.78 is 14.8. The van der Waals surface area contributed by atoms with Gasteiger partial charge in [-0.05, 0) is 12.3 Å². The van der Waals surface area contributed by atoms with E-state index in [4.69, 9.17) is 0 Å². The van der Waals surface area contributed by atoms with E-state index in [-0.39, 0.29) is 13.0 Å². The van der Waals surface area contributed by atoms with Crippen molar-refractivity contribution in [1.29, 1.82) is 0 Å². The predicted octanol–water partition coefficient (Wildman–Crippen LogP) is -0.568. The van der Waals surface area contributed by atoms with Gasteiger partial charge >= 0.3 is 0 Å². The summed E-state index contributed by atoms with van der Waals surface area (Å²) in [5.41, 5.74) is -0.847. The first-order valence-corrected chi connectivity index (χ1v) is 12.3. The molecule has 8 heteroatoms. The minimum Gasteiger partial charge on any atom is -0.396 e. The van der Waals surface area contributed by atoms with Crippen LogP contribution in [0.5, 0.6) is 0 Å². The van der Waals surface area contributed by atoms with Crippen molar-refractivity contribution < 1.29 is 35.2 Å². The van der Waals surface area contributed by atoms with Crippen molar-refractivity contribution in [2.45, 2.75) is 42.6 Å². The predicted molar refractivity (Wildman–Crippen MR) is 116 cm³/mol. The maximum Gasteiger partial charge on any atom is 0.148 e. The van der Waals surface area contributed by atoms with E-state index in [1.165, 1.54) is 0 Å². The van der Waals surface area contributed by atoms with Crippen molar-refractivity contribution in [3.05, 3.63) is 60.7 Å². The average Bonchev–Trinajstić information content (AvgIpc) is 2.81. The Kier molecular flexibility index (Phi) is 6.39. The van der Waals surface area contributed by atoms with E-state index in [1.807, 2.05) is 12.1 Å². The van der Waals surface area contributed by atoms with Gasteiger partial charge in [0.15, 0.2) is 0 Å². The van der Waals surface area contributed by atoms with Gasteiger partial charge < -0.3 is 35.2 Å². The van der Waals surface area contributed by atoms with Crippen LogP contribution in [0.25, 0.3) is 0 Å². The molecule has 9 atom stereocenters. The number of rotatable bonds is 4. The molecule has 2 saturated carbocycles. The van der Waals surface area contributed by atoms with Crippen molar-refractivity contribution >= 4 is 17.8 Å². The SMILES string of the molecule is O=P(c1ccccc1)(c1ccccc1)[C@H]1C[C@H](CO)[C@H]2[C@@H](O)[C@H](O)[C@@H](O)[C@H](O)[C@H]2[C@@H]1O. The summed E-state index contributed by atoms with van der Waals surface area (Å²) in [6, 6.07) is 17.7. The molecule has 0 bridgehead atoms. The molecule has 0 aromatic heterocycles. The summed E-state index contributed by atoms with van der Waals surface area (Å²) in [6.45, 7) is -0.374. The molecule has 0 amide bonds. The first-order valence-electron chi connectivity index (χ1n) is 10.5. The van der Waals surface area contributed by atoms with Crippen LogP contribution in [0.15, 0.2) is 60.7 Å². The Hall–Kier alpha value is -1.57. The fourth-order valence-corrected chi connectivity index (χ4v) is 9.08. The van der Waals surface area contributed by atoms with Crippen LogP contribution < -0.4 is 10.6 Å². The zero-order valence-electron chi connectivity index (χ0n) is 16.9. The van der Waals surface area contributed by atoms with E-state index in [2.05, 4.69) is 0 Å². The molecule has 0 spiro atoms. The Bertz CT molecular complexity index is 881. The van der Waals surface area contributed by atoms with Crippen molar-refractivity contribution in [3.8, 4) is 0 Å². The second-order valence-electron chi connectivity index (χ2n) is 8.68. The van der Waals surface area contributed by atoms with Gasteiger partial charge in [0.05, 0.1) is 18.3 Å². The molecule has 31 heavy (non-hydrogen) atoms. The molecule has 7 nitrogen and oxygen atoms in total. The van der Waals surface area contributed by atoms with Gasteiger partial charge in [0.1, 0.15) is 19.3 Å². The van der Waals surface area contributed by atoms with Crippen molar-refractivity contribution in [1.82, 2.24) is 0 Å². The van der Waals surface area contributed by atoms with E-state index >= 15 is 0 Å². The van der Waals surface area contributed by atoms with Crippen LogP contribution in [0.2, 0.25) is 0 Å². The minimum atomic E-state index is -3.45. The van der Waals surface area contributed by atoms with Gasteiger partial charge in [-0.2, -0.15) is 0 Å². The average molecular weight is 448 g/mol. The van der Waals surface area contributed by atoms with Gasteiger partial charge in [-0.15, -0.1) is 0 Å². The number of hydrogen-bond donors (Lipinski definition) is 6. The molecule has 0 aliphatic heterocycles. The monoisotopic (exact) mass is 448 g/mol. The molecule has 2 aromatic rings. The molecule has 2 aromatic carbocycles. The van der Waals surface area contributed by atoms with Crippen molar-refractivity contribution in [2.24, 2.45) is 17.8 Å². The third-order valence-electron chi connectivity index (χ3n) is 7.14. The second-order valence-corrected chi connectivity index (χ2v) is 11.7. The van der Waals surface area contributed by atoms with Crippen LogP contribution in [0.4, 0.5) is 0 Å². The number of hydrogen-bond acceptors (Lipinski definition) is 7. The molecule has 4 rings (SSSR count). The molecule has 0 heterocycles. The molecule has 2 aliphatic carbocycles. The van der Waals surface area contributed by atoms with Crippen LogP contribution in [0, 0.1) is 17.8 Å². The lowest BCUT2D eigenvalue weighted by molar-refractivity contribution is -0.224. The van der Waals surface area contributed by atoms with Gasteiger partial charge in [0, 0.05) is 34.7 Å². The molecule has 6 N–H and O–H groups in total. The topological polar surface area (TPSA) is 138 Å². The first kappa shape index (κ1) is 22.6. The lowest BCUT2D eigenvalue weighted by Gasteiger charge is -2.54. The van der Waals surface area contributed by atoms with Crippen LogP contribution in [0.1, 0.15) is 6.42 Å². The normalized spacial score (nSPS) is 38.5. The molecule has 2 fully saturated rings. The maximum atomic E-state index is 14.8. The molecule has 168 valence electrons. The number of benzene rings is 2. The van der Waals surface area contributed by atoms with Crippen molar-refractivity contribution in [3.63, 3.8) is 0 Å². The lowest BCUT2D eigenvalue weighted by Crippen LogP contribution is -2.67. The highest BCUT2D eigenvalue weighted by Gasteiger charge is 2.60. The zero-order chi connectivity index (χ0) is 22.3. The standard InChI is InChI=1S/C23H29O7P/c24-12-13-11-16(19(25)18-17(13)20(26)22(28)23(29)21(18)27)31(30,14-7-3-1-4-8-14)15-9-5-2-6-10-15/h1-10,13,16-29H,11-12H2/t13-,16+,17-,18-,19-,20-,21-,22+,23+/m1/s1. The Morgan fingerprint density at radius 3 is 1.58 bits per heavy atom. The van der Waals surface area contributed by atoms with E-state index in [9.17, 15) is 35.2 Å². The number of aliphatic hydroxyl groups excluding tert-OH is 6. The van der Waals surface area contributed by atoms with Gasteiger partial charge in [-0.1, -0.05) is 60.7 Å². The Morgan fingerprint density at radius 2 is 1.13 bits per heavy atom. The summed E-state index contributed by atoms with van der Waals surface area (Å²) >= 11 is 0. The first-order chi connectivity index (χ1) is 14.8. The quantitative estimate of drug-likeness (QED) is 0.345. The third-order valence-corrected chi connectivity index (χ3v) is 10.7. The number of fused-ring (bicyclic) bond motifs is 1. The Labute approximate surface area is 181 Å². The summed E-state index contributed by atoms with van der Waals surface area (Å²) in [4.78, 5) is 0. The highest BCUT2D eigenvalue weighted by molar-refractivity contribution is 7.79. The Morgan fingerprint density at radius 1 is 0.677 bits per heavy atom. The molecule has 0 saturated heterocycles. The summed E-state index contributed by atoms with van der Waals surface area (Å²) in [6.07, 6.45) is -7.40. The van der Waals surface area contributed by atoms with Crippen LogP contribution >= 0.6 is 7.14 Å². The molecule has 0 radical (unpaired) electrons. The van der Waals surface area contributed by atoms with Crippen LogP contribution in [-0.4, -0.2) is 73.4 Å². The Balaban J connectivity index is 1.85. The fourth-order valence-electron chi connectivity index (χ4n) is 5.59. The smallest absolute Gasteiger partial charge is 0.148 e. The van der Waals surface area contributed by atoms with Gasteiger partial charge in [-0.25, -0.2) is 0 Å². The molecular formula is C23H29O7P. The highest BCUT2D eigenvalue weighted by atomic mass is 31.2. The molecular weight excluding hydrogens is 419 g/mol. The van der Waals surface area contributed by atoms with Gasteiger partial charge in [0.25, 0.3) is 0 Å². The van der Waals surface area contributed by atoms with E-state index in [0.29, 0.717) is 10.6 Å². The molecule has 0 unspecified atom stereocenters.